The highest BCUT2D eigenvalue weighted by Crippen LogP contribution is 2.41. The Morgan fingerprint density at radius 1 is 1.15 bits per heavy atom. The van der Waals surface area contributed by atoms with Crippen molar-refractivity contribution in [1.29, 1.82) is 0 Å². The fourth-order valence-corrected chi connectivity index (χ4v) is 5.59. The van der Waals surface area contributed by atoms with Crippen molar-refractivity contribution in [2.45, 2.75) is 37.4 Å². The lowest BCUT2D eigenvalue weighted by Crippen LogP contribution is -2.71. The molecule has 0 spiro atoms. The maximum absolute atomic E-state index is 13.5. The van der Waals surface area contributed by atoms with Crippen LogP contribution in [0.25, 0.3) is 0 Å². The molecule has 2 N–H and O–H groups in total. The molecular weight excluding hydrogens is 436 g/mol. The molecule has 0 saturated carbocycles. The number of nitrogens with one attached hydrogen (secondary N) is 2. The van der Waals surface area contributed by atoms with Gasteiger partial charge >= 0.3 is 5.97 Å². The van der Waals surface area contributed by atoms with Crippen LogP contribution in [0, 0.1) is 0 Å². The van der Waals surface area contributed by atoms with Gasteiger partial charge in [0.25, 0.3) is 5.91 Å². The highest BCUT2D eigenvalue weighted by molar-refractivity contribution is 8.00. The average molecular weight is 463 g/mol. The van der Waals surface area contributed by atoms with Crippen LogP contribution in [-0.2, 0) is 14.3 Å². The summed E-state index contributed by atoms with van der Waals surface area (Å²) in [7, 11) is 0. The van der Waals surface area contributed by atoms with Gasteiger partial charge in [0.2, 0.25) is 0 Å². The molecule has 3 atom stereocenters. The molecule has 1 fully saturated rings. The Hall–Kier alpha value is -3.26. The van der Waals surface area contributed by atoms with E-state index in [1.807, 2.05) is 74.5 Å². The Bertz CT molecular complexity index is 1080. The number of rotatable bonds is 5. The second kappa shape index (κ2) is 8.94. The molecule has 0 aromatic heterocycles. The third kappa shape index (κ3) is 4.11. The van der Waals surface area contributed by atoms with Crippen LogP contribution < -0.4 is 10.6 Å². The van der Waals surface area contributed by atoms with Gasteiger partial charge < -0.3 is 15.4 Å². The summed E-state index contributed by atoms with van der Waals surface area (Å²) in [6, 6.07) is 19.2. The molecule has 0 bridgehead atoms. The fourth-order valence-electron chi connectivity index (χ4n) is 4.30. The van der Waals surface area contributed by atoms with Crippen LogP contribution in [0.1, 0.15) is 31.1 Å². The van der Waals surface area contributed by atoms with Crippen molar-refractivity contribution in [1.82, 2.24) is 15.5 Å². The van der Waals surface area contributed by atoms with Crippen molar-refractivity contribution < 1.29 is 14.3 Å². The van der Waals surface area contributed by atoms with Crippen LogP contribution in [-0.4, -0.2) is 52.5 Å². The van der Waals surface area contributed by atoms with E-state index in [1.54, 1.807) is 16.7 Å². The largest absolute Gasteiger partial charge is 0.448 e. The minimum atomic E-state index is -0.558. The summed E-state index contributed by atoms with van der Waals surface area (Å²) in [5.41, 5.74) is 2.96. The number of fused-ring (bicyclic) bond motifs is 1. The molecule has 8 heteroatoms. The van der Waals surface area contributed by atoms with E-state index in [0.29, 0.717) is 24.0 Å². The van der Waals surface area contributed by atoms with E-state index >= 15 is 0 Å². The maximum Gasteiger partial charge on any atom is 0.356 e. The monoisotopic (exact) mass is 462 g/mol. The number of aliphatic imine (C=N–C) groups is 1. The summed E-state index contributed by atoms with van der Waals surface area (Å²) in [6.07, 6.45) is -0.558. The Kier molecular flexibility index (Phi) is 5.85. The van der Waals surface area contributed by atoms with Gasteiger partial charge in [-0.05, 0) is 30.5 Å². The van der Waals surface area contributed by atoms with Crippen LogP contribution in [0.5, 0.6) is 0 Å². The SMILES string of the molecule is CC1=C(C(=O)OC(c2ccccc2)c2ccccc2)N2C(=O)[C@@H](NC3=NCC(C)N3)C2SC1. The van der Waals surface area contributed by atoms with Crippen LogP contribution >= 0.6 is 11.8 Å². The zero-order chi connectivity index (χ0) is 22.9. The van der Waals surface area contributed by atoms with E-state index in [-0.39, 0.29) is 17.3 Å². The standard InChI is InChI=1S/C25H26N4O3S/c1-15-14-33-23-19(28-25-26-13-16(2)27-25)22(30)29(23)20(15)24(31)32-21(17-9-5-3-6-10-17)18-11-7-4-8-12-18/h3-12,16,19,21,23H,13-14H2,1-2H3,(H2,26,27,28)/t16?,19-,23?/m1/s1. The Labute approximate surface area is 197 Å². The lowest BCUT2D eigenvalue weighted by atomic mass is 10.0. The van der Waals surface area contributed by atoms with Gasteiger partial charge in [0.1, 0.15) is 17.1 Å². The molecule has 0 aliphatic carbocycles. The zero-order valence-corrected chi connectivity index (χ0v) is 19.3. The molecule has 2 aromatic carbocycles. The van der Waals surface area contributed by atoms with Crippen molar-refractivity contribution in [3.63, 3.8) is 0 Å². The molecule has 2 unspecified atom stereocenters. The summed E-state index contributed by atoms with van der Waals surface area (Å²) in [6.45, 7) is 4.61. The number of carbonyl (C=O) groups excluding carboxylic acids is 2. The highest BCUT2D eigenvalue weighted by atomic mass is 32.2. The van der Waals surface area contributed by atoms with Gasteiger partial charge in [-0.25, -0.2) is 4.79 Å². The van der Waals surface area contributed by atoms with Gasteiger partial charge in [-0.2, -0.15) is 0 Å². The van der Waals surface area contributed by atoms with E-state index in [9.17, 15) is 9.59 Å². The number of esters is 1. The molecule has 7 nitrogen and oxygen atoms in total. The van der Waals surface area contributed by atoms with Crippen molar-refractivity contribution in [3.8, 4) is 0 Å². The van der Waals surface area contributed by atoms with E-state index in [4.69, 9.17) is 4.74 Å². The first-order chi connectivity index (χ1) is 16.0. The van der Waals surface area contributed by atoms with Crippen molar-refractivity contribution in [3.05, 3.63) is 83.1 Å². The van der Waals surface area contributed by atoms with Gasteiger partial charge in [0.05, 0.1) is 6.54 Å². The maximum atomic E-state index is 13.5. The molecule has 0 radical (unpaired) electrons. The van der Waals surface area contributed by atoms with Crippen molar-refractivity contribution >= 4 is 29.6 Å². The topological polar surface area (TPSA) is 83.0 Å². The minimum absolute atomic E-state index is 0.140. The second-order valence-corrected chi connectivity index (χ2v) is 9.61. The number of guanidine groups is 1. The summed E-state index contributed by atoms with van der Waals surface area (Å²) in [5.74, 6) is 0.685. The minimum Gasteiger partial charge on any atom is -0.448 e. The first-order valence-corrected chi connectivity index (χ1v) is 12.1. The molecule has 2 aromatic rings. The third-order valence-corrected chi connectivity index (χ3v) is 7.40. The predicted molar refractivity (Wildman–Crippen MR) is 128 cm³/mol. The molecule has 3 aliphatic rings. The van der Waals surface area contributed by atoms with E-state index in [0.717, 1.165) is 16.7 Å². The molecule has 170 valence electrons. The van der Waals surface area contributed by atoms with E-state index < -0.39 is 18.1 Å². The number of amides is 1. The third-order valence-electron chi connectivity index (χ3n) is 5.98. The second-order valence-electron chi connectivity index (χ2n) is 8.50. The van der Waals surface area contributed by atoms with Crippen LogP contribution in [0.15, 0.2) is 76.9 Å². The molecule has 3 aliphatic heterocycles. The van der Waals surface area contributed by atoms with Crippen LogP contribution in [0.3, 0.4) is 0 Å². The number of nitrogens with zero attached hydrogens (tertiary/aromatic N) is 2. The lowest BCUT2D eigenvalue weighted by Gasteiger charge is -2.49. The molecular formula is C25H26N4O3S. The number of hydrogen-bond acceptors (Lipinski definition) is 7. The van der Waals surface area contributed by atoms with Crippen LogP contribution in [0.2, 0.25) is 0 Å². The van der Waals surface area contributed by atoms with Crippen molar-refractivity contribution in [2.75, 3.05) is 12.3 Å². The first kappa shape index (κ1) is 21.6. The first-order valence-electron chi connectivity index (χ1n) is 11.1. The smallest absolute Gasteiger partial charge is 0.356 e. The molecule has 5 rings (SSSR count). The number of β-lactam (4-membered cyclic amide) rings is 1. The highest BCUT2D eigenvalue weighted by Gasteiger charge is 2.54. The number of thioether (sulfide) groups is 1. The van der Waals surface area contributed by atoms with Gasteiger partial charge in [-0.1, -0.05) is 60.7 Å². The fraction of sp³-hybridized carbons (Fsp3) is 0.320. The zero-order valence-electron chi connectivity index (χ0n) is 18.5. The molecule has 1 saturated heterocycles. The predicted octanol–water partition coefficient (Wildman–Crippen LogP) is 2.81. The summed E-state index contributed by atoms with van der Waals surface area (Å²) >= 11 is 1.64. The van der Waals surface area contributed by atoms with E-state index in [2.05, 4.69) is 15.6 Å². The summed E-state index contributed by atoms with van der Waals surface area (Å²) in [5, 5.41) is 6.27. The number of ether oxygens (including phenoxy) is 1. The van der Waals surface area contributed by atoms with Gasteiger partial charge in [0, 0.05) is 11.8 Å². The van der Waals surface area contributed by atoms with Gasteiger partial charge in [0.15, 0.2) is 12.1 Å². The van der Waals surface area contributed by atoms with Crippen molar-refractivity contribution in [2.24, 2.45) is 4.99 Å². The van der Waals surface area contributed by atoms with Crippen LogP contribution in [0.4, 0.5) is 0 Å². The number of benzene rings is 2. The summed E-state index contributed by atoms with van der Waals surface area (Å²) < 4.78 is 6.06. The average Bonchev–Trinajstić information content (AvgIpc) is 3.26. The molecule has 1 amide bonds. The quantitative estimate of drug-likeness (QED) is 0.525. The molecule has 33 heavy (non-hydrogen) atoms. The summed E-state index contributed by atoms with van der Waals surface area (Å²) in [4.78, 5) is 32.5. The lowest BCUT2D eigenvalue weighted by molar-refractivity contribution is -0.153. The Morgan fingerprint density at radius 2 is 1.79 bits per heavy atom. The number of carbonyl (C=O) groups is 2. The Balaban J connectivity index is 1.37. The Morgan fingerprint density at radius 3 is 2.36 bits per heavy atom. The van der Waals surface area contributed by atoms with Gasteiger partial charge in [-0.3, -0.25) is 14.7 Å². The number of hydrogen-bond donors (Lipinski definition) is 2. The van der Waals surface area contributed by atoms with E-state index in [1.165, 1.54) is 0 Å². The van der Waals surface area contributed by atoms with Gasteiger partial charge in [-0.15, -0.1) is 11.8 Å². The normalized spacial score (nSPS) is 24.1. The molecule has 3 heterocycles.